The van der Waals surface area contributed by atoms with Crippen molar-refractivity contribution in [3.63, 3.8) is 0 Å². The number of carbonyl (C=O) groups is 1. The molecule has 1 N–H and O–H groups in total. The number of amides is 1. The number of hydrogen-bond donors (Lipinski definition) is 1. The van der Waals surface area contributed by atoms with E-state index in [4.69, 9.17) is 14.2 Å². The fraction of sp³-hybridized carbons (Fsp3) is 0.333. The summed E-state index contributed by atoms with van der Waals surface area (Å²) in [5.41, 5.74) is -1.12. The van der Waals surface area contributed by atoms with Crippen LogP contribution in [0.15, 0.2) is 47.3 Å². The number of pyridine rings is 1. The number of fused-ring (bicyclic) bond motifs is 1. The molecule has 1 fully saturated rings. The molecule has 0 bridgehead atoms. The summed E-state index contributed by atoms with van der Waals surface area (Å²) in [6.07, 6.45) is -2.80. The van der Waals surface area contributed by atoms with Gasteiger partial charge in [0.25, 0.3) is 11.5 Å². The number of methoxy groups -OCH3 is 2. The number of nitrogens with zero attached hydrogens (tertiary/aromatic N) is 1. The van der Waals surface area contributed by atoms with E-state index in [1.807, 2.05) is 0 Å². The lowest BCUT2D eigenvalue weighted by molar-refractivity contribution is -0.136. The molecule has 1 saturated carbocycles. The van der Waals surface area contributed by atoms with Gasteiger partial charge in [-0.25, -0.2) is 0 Å². The van der Waals surface area contributed by atoms with Gasteiger partial charge in [-0.1, -0.05) is 0 Å². The van der Waals surface area contributed by atoms with E-state index in [1.165, 1.54) is 37.0 Å². The molecule has 0 unspecified atom stereocenters. The molecular formula is C24H23F3N2O5. The van der Waals surface area contributed by atoms with E-state index < -0.39 is 23.2 Å². The van der Waals surface area contributed by atoms with Crippen LogP contribution >= 0.6 is 0 Å². The van der Waals surface area contributed by atoms with Crippen molar-refractivity contribution in [2.45, 2.75) is 25.6 Å². The van der Waals surface area contributed by atoms with Crippen LogP contribution in [-0.2, 0) is 17.5 Å². The summed E-state index contributed by atoms with van der Waals surface area (Å²) in [5.74, 6) is 0.910. The number of rotatable bonds is 8. The minimum atomic E-state index is -4.67. The third-order valence-corrected chi connectivity index (χ3v) is 5.56. The molecular weight excluding hydrogens is 453 g/mol. The molecule has 2 aromatic carbocycles. The first-order valence-corrected chi connectivity index (χ1v) is 10.6. The van der Waals surface area contributed by atoms with Gasteiger partial charge in [-0.3, -0.25) is 9.59 Å². The average molecular weight is 476 g/mol. The van der Waals surface area contributed by atoms with Crippen molar-refractivity contribution >= 4 is 22.5 Å². The Kier molecular flexibility index (Phi) is 6.41. The predicted molar refractivity (Wildman–Crippen MR) is 120 cm³/mol. The minimum absolute atomic E-state index is 0.0881. The van der Waals surface area contributed by atoms with Gasteiger partial charge in [0.2, 0.25) is 0 Å². The summed E-state index contributed by atoms with van der Waals surface area (Å²) in [6, 6.07) is 9.48. The summed E-state index contributed by atoms with van der Waals surface area (Å²) in [6.45, 7) is -0.0393. The van der Waals surface area contributed by atoms with Gasteiger partial charge >= 0.3 is 6.18 Å². The minimum Gasteiger partial charge on any atom is -0.493 e. The molecule has 0 saturated heterocycles. The van der Waals surface area contributed by atoms with Crippen LogP contribution in [0.2, 0.25) is 0 Å². The second-order valence-electron chi connectivity index (χ2n) is 8.03. The first kappa shape index (κ1) is 23.5. The number of anilines is 1. The summed E-state index contributed by atoms with van der Waals surface area (Å²) in [7, 11) is 2.97. The summed E-state index contributed by atoms with van der Waals surface area (Å²) >= 11 is 0. The van der Waals surface area contributed by atoms with Crippen LogP contribution in [0.3, 0.4) is 0 Å². The molecule has 0 spiro atoms. The number of alkyl halides is 3. The predicted octanol–water partition coefficient (Wildman–Crippen LogP) is 4.47. The van der Waals surface area contributed by atoms with E-state index in [0.717, 1.165) is 12.8 Å². The zero-order valence-electron chi connectivity index (χ0n) is 18.6. The monoisotopic (exact) mass is 476 g/mol. The van der Waals surface area contributed by atoms with Gasteiger partial charge < -0.3 is 24.1 Å². The first-order valence-electron chi connectivity index (χ1n) is 10.6. The maximum atomic E-state index is 13.5. The topological polar surface area (TPSA) is 78.8 Å². The summed E-state index contributed by atoms with van der Waals surface area (Å²) < 4.78 is 57.8. The van der Waals surface area contributed by atoms with Crippen molar-refractivity contribution in [1.29, 1.82) is 0 Å². The molecule has 0 aliphatic heterocycles. The Morgan fingerprint density at radius 1 is 1.06 bits per heavy atom. The van der Waals surface area contributed by atoms with Gasteiger partial charge in [-0.2, -0.15) is 13.2 Å². The maximum Gasteiger partial charge on any atom is 0.417 e. The number of halogens is 3. The van der Waals surface area contributed by atoms with E-state index >= 15 is 0 Å². The van der Waals surface area contributed by atoms with Crippen LogP contribution in [0, 0.1) is 5.92 Å². The number of ether oxygens (including phenoxy) is 3. The second kappa shape index (κ2) is 9.28. The summed E-state index contributed by atoms with van der Waals surface area (Å²) in [4.78, 5) is 24.8. The molecule has 4 rings (SSSR count). The molecule has 0 atom stereocenters. The fourth-order valence-electron chi connectivity index (χ4n) is 3.69. The molecule has 7 nitrogen and oxygen atoms in total. The van der Waals surface area contributed by atoms with Gasteiger partial charge in [-0.15, -0.1) is 0 Å². The second-order valence-corrected chi connectivity index (χ2v) is 8.03. The Morgan fingerprint density at radius 3 is 2.44 bits per heavy atom. The van der Waals surface area contributed by atoms with Crippen LogP contribution in [0.5, 0.6) is 17.2 Å². The van der Waals surface area contributed by atoms with E-state index in [1.54, 1.807) is 18.2 Å². The number of nitrogens with one attached hydrogen (secondary N) is 1. The Bertz CT molecular complexity index is 1280. The molecule has 1 amide bonds. The Morgan fingerprint density at radius 2 is 1.79 bits per heavy atom. The number of hydrogen-bond acceptors (Lipinski definition) is 5. The van der Waals surface area contributed by atoms with Crippen molar-refractivity contribution in [3.05, 3.63) is 58.4 Å². The van der Waals surface area contributed by atoms with Crippen LogP contribution in [0.1, 0.15) is 18.4 Å². The van der Waals surface area contributed by atoms with Crippen molar-refractivity contribution < 1.29 is 32.2 Å². The van der Waals surface area contributed by atoms with Crippen molar-refractivity contribution in [2.24, 2.45) is 5.92 Å². The van der Waals surface area contributed by atoms with Crippen LogP contribution < -0.4 is 25.1 Å². The lowest BCUT2D eigenvalue weighted by Gasteiger charge is -2.16. The molecule has 34 heavy (non-hydrogen) atoms. The lowest BCUT2D eigenvalue weighted by Crippen LogP contribution is -2.24. The molecule has 180 valence electrons. The van der Waals surface area contributed by atoms with Gasteiger partial charge in [0.05, 0.1) is 25.3 Å². The number of aromatic nitrogens is 1. The third-order valence-electron chi connectivity index (χ3n) is 5.56. The SMILES string of the molecule is COc1ccc(NC(=O)COc2ccc3c(C(F)(F)F)cc(=O)n(CC4CC4)c3c2)cc1OC. The standard InChI is InChI=1S/C24H23F3N2O5/c1-32-20-8-5-15(9-21(20)33-2)28-22(30)13-34-16-6-7-17-18(24(25,26)27)11-23(31)29(19(17)10-16)12-14-3-4-14/h5-11,14H,3-4,12-13H2,1-2H3,(H,28,30). The normalized spacial score (nSPS) is 13.6. The molecule has 10 heteroatoms. The Balaban J connectivity index is 1.55. The van der Waals surface area contributed by atoms with E-state index in [-0.39, 0.29) is 29.2 Å². The van der Waals surface area contributed by atoms with E-state index in [0.29, 0.717) is 29.8 Å². The zero-order valence-corrected chi connectivity index (χ0v) is 18.6. The highest BCUT2D eigenvalue weighted by atomic mass is 19.4. The highest BCUT2D eigenvalue weighted by molar-refractivity contribution is 5.92. The van der Waals surface area contributed by atoms with Crippen molar-refractivity contribution in [2.75, 3.05) is 26.1 Å². The number of carbonyl (C=O) groups excluding carboxylic acids is 1. The van der Waals surface area contributed by atoms with Crippen LogP contribution in [0.4, 0.5) is 18.9 Å². The van der Waals surface area contributed by atoms with E-state index in [2.05, 4.69) is 5.32 Å². The van der Waals surface area contributed by atoms with Crippen molar-refractivity contribution in [3.8, 4) is 17.2 Å². The largest absolute Gasteiger partial charge is 0.493 e. The molecule has 3 aromatic rings. The molecule has 1 heterocycles. The fourth-order valence-corrected chi connectivity index (χ4v) is 3.69. The molecule has 1 aliphatic carbocycles. The van der Waals surface area contributed by atoms with Gasteiger partial charge in [-0.05, 0) is 43.0 Å². The quantitative estimate of drug-likeness (QED) is 0.519. The van der Waals surface area contributed by atoms with E-state index in [9.17, 15) is 22.8 Å². The van der Waals surface area contributed by atoms with Crippen LogP contribution in [-0.4, -0.2) is 31.3 Å². The van der Waals surface area contributed by atoms with Gasteiger partial charge in [0.15, 0.2) is 18.1 Å². The Labute approximate surface area is 193 Å². The average Bonchev–Trinajstić information content (AvgIpc) is 3.62. The molecule has 1 aromatic heterocycles. The highest BCUT2D eigenvalue weighted by Gasteiger charge is 2.34. The highest BCUT2D eigenvalue weighted by Crippen LogP contribution is 2.37. The smallest absolute Gasteiger partial charge is 0.417 e. The lowest BCUT2D eigenvalue weighted by atomic mass is 10.1. The third kappa shape index (κ3) is 5.11. The molecule has 1 aliphatic rings. The van der Waals surface area contributed by atoms with Crippen molar-refractivity contribution in [1.82, 2.24) is 4.57 Å². The summed E-state index contributed by atoms with van der Waals surface area (Å²) in [5, 5.41) is 2.57. The number of benzene rings is 2. The first-order chi connectivity index (χ1) is 16.2. The zero-order chi connectivity index (χ0) is 24.5. The van der Waals surface area contributed by atoms with Crippen LogP contribution in [0.25, 0.3) is 10.9 Å². The Hall–Kier alpha value is -3.69. The maximum absolute atomic E-state index is 13.5. The van der Waals surface area contributed by atoms with Gasteiger partial charge in [0, 0.05) is 35.8 Å². The van der Waals surface area contributed by atoms with Gasteiger partial charge in [0.1, 0.15) is 5.75 Å². The molecule has 0 radical (unpaired) electrons.